The summed E-state index contributed by atoms with van der Waals surface area (Å²) in [5.74, 6) is 0. The highest BCUT2D eigenvalue weighted by Crippen LogP contribution is 2.41. The van der Waals surface area contributed by atoms with Crippen LogP contribution < -0.4 is 0 Å². The van der Waals surface area contributed by atoms with Gasteiger partial charge in [0.05, 0.1) is 20.4 Å². The minimum Gasteiger partial charge on any atom is -0.236 e. The summed E-state index contributed by atoms with van der Waals surface area (Å²) < 4.78 is 2.39. The summed E-state index contributed by atoms with van der Waals surface area (Å²) in [4.78, 5) is 9.95. The topological polar surface area (TPSA) is 25.8 Å². The first kappa shape index (κ1) is 19.1. The van der Waals surface area contributed by atoms with E-state index in [1.54, 1.807) is 22.7 Å². The molecule has 4 aromatic carbocycles. The van der Waals surface area contributed by atoms with Crippen molar-refractivity contribution in [3.8, 4) is 21.1 Å². The van der Waals surface area contributed by atoms with Gasteiger partial charge >= 0.3 is 0 Å². The molecule has 6 rings (SSSR count). The molecule has 0 bridgehead atoms. The first-order valence-corrected chi connectivity index (χ1v) is 12.1. The molecule has 0 spiro atoms. The Morgan fingerprint density at radius 1 is 0.531 bits per heavy atom. The number of hydrogen-bond donors (Lipinski definition) is 0. The van der Waals surface area contributed by atoms with Gasteiger partial charge in [0.1, 0.15) is 10.0 Å². The zero-order valence-corrected chi connectivity index (χ0v) is 18.7. The van der Waals surface area contributed by atoms with Gasteiger partial charge < -0.3 is 0 Å². The zero-order chi connectivity index (χ0) is 21.3. The summed E-state index contributed by atoms with van der Waals surface area (Å²) in [7, 11) is 0. The molecule has 2 aromatic heterocycles. The quantitative estimate of drug-likeness (QED) is 0.254. The van der Waals surface area contributed by atoms with E-state index in [0.717, 1.165) is 37.7 Å². The lowest BCUT2D eigenvalue weighted by atomic mass is 10.0. The van der Waals surface area contributed by atoms with Gasteiger partial charge in [0.25, 0.3) is 0 Å². The van der Waals surface area contributed by atoms with Gasteiger partial charge in [-0.25, -0.2) is 9.97 Å². The van der Waals surface area contributed by atoms with E-state index in [4.69, 9.17) is 9.97 Å². The van der Waals surface area contributed by atoms with Crippen LogP contribution in [0.2, 0.25) is 0 Å². The summed E-state index contributed by atoms with van der Waals surface area (Å²) in [6, 6.07) is 33.5. The van der Waals surface area contributed by atoms with Crippen molar-refractivity contribution in [1.29, 1.82) is 0 Å². The predicted octanol–water partition coefficient (Wildman–Crippen LogP) is 8.41. The van der Waals surface area contributed by atoms with Crippen molar-refractivity contribution in [2.75, 3.05) is 0 Å². The molecule has 0 amide bonds. The highest BCUT2D eigenvalue weighted by Gasteiger charge is 2.18. The molecule has 0 atom stereocenters. The number of benzene rings is 4. The van der Waals surface area contributed by atoms with Gasteiger partial charge in [-0.05, 0) is 35.4 Å². The molecule has 0 saturated carbocycles. The standard InChI is InChI=1S/C28H18N2S2/c1-2-9-19(10-3-1)17-18-20-11-8-12-21(27-29-22-13-4-6-15-24(22)31-27)26(20)28-30-23-14-5-7-16-25(23)32-28/h1-18H. The maximum Gasteiger partial charge on any atom is 0.125 e. The van der Waals surface area contributed by atoms with Crippen LogP contribution in [-0.2, 0) is 0 Å². The monoisotopic (exact) mass is 446 g/mol. The Morgan fingerprint density at radius 3 is 1.88 bits per heavy atom. The van der Waals surface area contributed by atoms with Crippen molar-refractivity contribution in [3.63, 3.8) is 0 Å². The highest BCUT2D eigenvalue weighted by atomic mass is 32.1. The van der Waals surface area contributed by atoms with Crippen molar-refractivity contribution in [2.45, 2.75) is 0 Å². The minimum atomic E-state index is 1.02. The lowest BCUT2D eigenvalue weighted by Gasteiger charge is -2.09. The number of nitrogens with zero attached hydrogens (tertiary/aromatic N) is 2. The van der Waals surface area contributed by atoms with E-state index in [2.05, 4.69) is 91.0 Å². The molecule has 0 radical (unpaired) electrons. The molecule has 2 heterocycles. The van der Waals surface area contributed by atoms with Crippen LogP contribution in [0.4, 0.5) is 0 Å². The molecular formula is C28H18N2S2. The Morgan fingerprint density at radius 2 is 1.16 bits per heavy atom. The van der Waals surface area contributed by atoms with Crippen LogP contribution in [0, 0.1) is 0 Å². The smallest absolute Gasteiger partial charge is 0.125 e. The number of fused-ring (bicyclic) bond motifs is 2. The van der Waals surface area contributed by atoms with E-state index in [-0.39, 0.29) is 0 Å². The summed E-state index contributed by atoms with van der Waals surface area (Å²) in [6.45, 7) is 0. The van der Waals surface area contributed by atoms with Gasteiger partial charge in [-0.1, -0.05) is 84.9 Å². The second-order valence-electron chi connectivity index (χ2n) is 7.49. The van der Waals surface area contributed by atoms with Gasteiger partial charge in [-0.2, -0.15) is 0 Å². The molecule has 0 N–H and O–H groups in total. The molecule has 152 valence electrons. The number of para-hydroxylation sites is 2. The van der Waals surface area contributed by atoms with Crippen molar-refractivity contribution in [3.05, 3.63) is 108 Å². The Hall–Kier alpha value is -3.60. The third-order valence-electron chi connectivity index (χ3n) is 5.38. The van der Waals surface area contributed by atoms with Gasteiger partial charge in [-0.15, -0.1) is 22.7 Å². The molecule has 0 saturated heterocycles. The summed E-state index contributed by atoms with van der Waals surface area (Å²) >= 11 is 3.46. The fourth-order valence-corrected chi connectivity index (χ4v) is 5.89. The Kier molecular flexibility index (Phi) is 4.87. The summed E-state index contributed by atoms with van der Waals surface area (Å²) in [5.41, 5.74) is 6.65. The van der Waals surface area contributed by atoms with Crippen LogP contribution in [0.25, 0.3) is 53.7 Å². The molecule has 0 aliphatic heterocycles. The first-order chi connectivity index (χ1) is 15.8. The first-order valence-electron chi connectivity index (χ1n) is 10.4. The zero-order valence-electron chi connectivity index (χ0n) is 17.1. The lowest BCUT2D eigenvalue weighted by molar-refractivity contribution is 1.44. The van der Waals surface area contributed by atoms with E-state index in [9.17, 15) is 0 Å². The van der Waals surface area contributed by atoms with Gasteiger partial charge in [0.2, 0.25) is 0 Å². The van der Waals surface area contributed by atoms with Crippen LogP contribution in [-0.4, -0.2) is 9.97 Å². The van der Waals surface area contributed by atoms with Crippen molar-refractivity contribution in [1.82, 2.24) is 9.97 Å². The molecule has 0 unspecified atom stereocenters. The Bertz CT molecular complexity index is 1510. The average molecular weight is 447 g/mol. The Balaban J connectivity index is 1.57. The van der Waals surface area contributed by atoms with E-state index >= 15 is 0 Å². The molecule has 2 nitrogen and oxygen atoms in total. The highest BCUT2D eigenvalue weighted by molar-refractivity contribution is 7.22. The predicted molar refractivity (Wildman–Crippen MR) is 139 cm³/mol. The number of aromatic nitrogens is 2. The van der Waals surface area contributed by atoms with Crippen molar-refractivity contribution < 1.29 is 0 Å². The molecular weight excluding hydrogens is 428 g/mol. The second kappa shape index (κ2) is 8.15. The number of thiazole rings is 2. The third kappa shape index (κ3) is 3.54. The maximum absolute atomic E-state index is 5.00. The average Bonchev–Trinajstić information content (AvgIpc) is 3.47. The fourth-order valence-electron chi connectivity index (χ4n) is 3.84. The van der Waals surface area contributed by atoms with E-state index in [0.29, 0.717) is 0 Å². The van der Waals surface area contributed by atoms with E-state index < -0.39 is 0 Å². The minimum absolute atomic E-state index is 1.02. The van der Waals surface area contributed by atoms with Gasteiger partial charge in [0, 0.05) is 11.1 Å². The van der Waals surface area contributed by atoms with Crippen LogP contribution >= 0.6 is 22.7 Å². The Labute approximate surface area is 194 Å². The number of hydrogen-bond acceptors (Lipinski definition) is 4. The maximum atomic E-state index is 5.00. The fraction of sp³-hybridized carbons (Fsp3) is 0. The van der Waals surface area contributed by atoms with Gasteiger partial charge in [0.15, 0.2) is 0 Å². The largest absolute Gasteiger partial charge is 0.236 e. The molecule has 0 fully saturated rings. The van der Waals surface area contributed by atoms with Crippen molar-refractivity contribution in [2.24, 2.45) is 0 Å². The van der Waals surface area contributed by atoms with E-state index in [1.807, 2.05) is 18.2 Å². The SMILES string of the molecule is C(=Cc1cccc(-c2nc3ccccc3s2)c1-c1nc2ccccc2s1)c1ccccc1. The van der Waals surface area contributed by atoms with Crippen LogP contribution in [0.15, 0.2) is 97.1 Å². The third-order valence-corrected chi connectivity index (χ3v) is 7.51. The van der Waals surface area contributed by atoms with Crippen LogP contribution in [0.3, 0.4) is 0 Å². The molecule has 0 aliphatic rings. The molecule has 0 aliphatic carbocycles. The lowest BCUT2D eigenvalue weighted by Crippen LogP contribution is -1.88. The van der Waals surface area contributed by atoms with Gasteiger partial charge in [-0.3, -0.25) is 0 Å². The second-order valence-corrected chi connectivity index (χ2v) is 9.55. The van der Waals surface area contributed by atoms with Crippen molar-refractivity contribution >= 4 is 55.3 Å². The number of rotatable bonds is 4. The molecule has 32 heavy (non-hydrogen) atoms. The molecule has 6 aromatic rings. The van der Waals surface area contributed by atoms with Crippen LogP contribution in [0.1, 0.15) is 11.1 Å². The normalized spacial score (nSPS) is 11.6. The summed E-state index contributed by atoms with van der Waals surface area (Å²) in [5, 5.41) is 2.05. The molecule has 4 heteroatoms. The van der Waals surface area contributed by atoms with Crippen LogP contribution in [0.5, 0.6) is 0 Å². The summed E-state index contributed by atoms with van der Waals surface area (Å²) in [6.07, 6.45) is 4.35. The van der Waals surface area contributed by atoms with E-state index in [1.165, 1.54) is 15.0 Å².